The monoisotopic (exact) mass is 404 g/mol. The van der Waals surface area contributed by atoms with Gasteiger partial charge in [0.2, 0.25) is 5.91 Å². The molecule has 0 aromatic heterocycles. The van der Waals surface area contributed by atoms with Crippen LogP contribution in [0.3, 0.4) is 0 Å². The minimum absolute atomic E-state index is 0.111. The number of phenolic OH excluding ortho intramolecular Hbond substituents is 1. The third-order valence-electron chi connectivity index (χ3n) is 4.43. The molecule has 0 radical (unpaired) electrons. The number of imide groups is 1. The molecule has 3 aromatic carbocycles. The number of rotatable bonds is 4. The molecule has 1 fully saturated rings. The second-order valence-electron chi connectivity index (χ2n) is 6.43. The number of aromatic hydroxyl groups is 1. The normalized spacial score (nSPS) is 15.3. The fourth-order valence-corrected chi connectivity index (χ4v) is 3.86. The van der Waals surface area contributed by atoms with Gasteiger partial charge in [-0.25, -0.2) is 0 Å². The van der Waals surface area contributed by atoms with Crippen LogP contribution in [0.5, 0.6) is 5.75 Å². The first-order valence-electron chi connectivity index (χ1n) is 8.83. The van der Waals surface area contributed by atoms with Gasteiger partial charge in [-0.3, -0.25) is 19.3 Å². The summed E-state index contributed by atoms with van der Waals surface area (Å²) in [6.07, 6.45) is 1.56. The smallest absolute Gasteiger partial charge is 0.294 e. The molecule has 144 valence electrons. The van der Waals surface area contributed by atoms with Gasteiger partial charge in [0, 0.05) is 11.1 Å². The summed E-state index contributed by atoms with van der Waals surface area (Å²) >= 11 is 0.788. The third kappa shape index (κ3) is 4.00. The largest absolute Gasteiger partial charge is 0.508 e. The van der Waals surface area contributed by atoms with Crippen LogP contribution in [0, 0.1) is 0 Å². The van der Waals surface area contributed by atoms with Gasteiger partial charge >= 0.3 is 0 Å². The zero-order valence-corrected chi connectivity index (χ0v) is 16.0. The number of amides is 3. The van der Waals surface area contributed by atoms with Crippen molar-refractivity contribution in [1.82, 2.24) is 4.90 Å². The number of phenols is 1. The predicted octanol–water partition coefficient (Wildman–Crippen LogP) is 4.22. The molecule has 2 N–H and O–H groups in total. The maximum atomic E-state index is 12.6. The lowest BCUT2D eigenvalue weighted by Crippen LogP contribution is -2.36. The Hall–Kier alpha value is -3.58. The van der Waals surface area contributed by atoms with Gasteiger partial charge in [0.05, 0.1) is 4.91 Å². The summed E-state index contributed by atoms with van der Waals surface area (Å²) in [5.74, 6) is -0.851. The number of carbonyl (C=O) groups excluding carboxylic acids is 3. The van der Waals surface area contributed by atoms with Crippen molar-refractivity contribution in [3.63, 3.8) is 0 Å². The molecule has 1 aliphatic heterocycles. The van der Waals surface area contributed by atoms with Crippen LogP contribution in [0.4, 0.5) is 10.5 Å². The summed E-state index contributed by atoms with van der Waals surface area (Å²) in [6, 6.07) is 19.4. The van der Waals surface area contributed by atoms with Gasteiger partial charge in [-0.05, 0) is 47.0 Å². The molecule has 0 saturated carbocycles. The maximum absolute atomic E-state index is 12.6. The molecule has 1 saturated heterocycles. The number of nitrogens with zero attached hydrogens (tertiary/aromatic N) is 1. The highest BCUT2D eigenvalue weighted by atomic mass is 32.2. The van der Waals surface area contributed by atoms with Crippen LogP contribution >= 0.6 is 11.8 Å². The highest BCUT2D eigenvalue weighted by Crippen LogP contribution is 2.32. The van der Waals surface area contributed by atoms with Crippen molar-refractivity contribution in [3.8, 4) is 5.75 Å². The van der Waals surface area contributed by atoms with Crippen LogP contribution in [0.2, 0.25) is 0 Å². The van der Waals surface area contributed by atoms with Gasteiger partial charge in [0.25, 0.3) is 11.1 Å². The van der Waals surface area contributed by atoms with Crippen LogP contribution in [0.1, 0.15) is 5.56 Å². The zero-order valence-electron chi connectivity index (χ0n) is 15.2. The average Bonchev–Trinajstić information content (AvgIpc) is 2.97. The van der Waals surface area contributed by atoms with Crippen molar-refractivity contribution in [3.05, 3.63) is 77.2 Å². The summed E-state index contributed by atoms with van der Waals surface area (Å²) in [5, 5.41) is 13.5. The van der Waals surface area contributed by atoms with Crippen molar-refractivity contribution in [2.75, 3.05) is 11.9 Å². The molecule has 1 heterocycles. The number of hydrogen-bond acceptors (Lipinski definition) is 5. The lowest BCUT2D eigenvalue weighted by molar-refractivity contribution is -0.127. The number of fused-ring (bicyclic) bond motifs is 1. The number of nitrogens with one attached hydrogen (secondary N) is 1. The summed E-state index contributed by atoms with van der Waals surface area (Å²) in [6.45, 7) is -0.360. The Balaban J connectivity index is 1.48. The molecule has 0 spiro atoms. The number of thioether (sulfide) groups is 1. The standard InChI is InChI=1S/C22H16N2O4S/c25-16-10-8-14(9-11-16)12-19-21(27)24(22(28)29-19)13-20(26)23-18-7-3-5-15-4-1-2-6-17(15)18/h1-12,25H,13H2,(H,23,26). The van der Waals surface area contributed by atoms with Crippen molar-refractivity contribution >= 4 is 51.4 Å². The van der Waals surface area contributed by atoms with Gasteiger partial charge in [-0.2, -0.15) is 0 Å². The average molecular weight is 404 g/mol. The van der Waals surface area contributed by atoms with E-state index in [0.29, 0.717) is 11.3 Å². The van der Waals surface area contributed by atoms with E-state index in [2.05, 4.69) is 5.32 Å². The van der Waals surface area contributed by atoms with Crippen molar-refractivity contribution in [2.24, 2.45) is 0 Å². The van der Waals surface area contributed by atoms with Gasteiger partial charge < -0.3 is 10.4 Å². The van der Waals surface area contributed by atoms with E-state index in [-0.39, 0.29) is 17.2 Å². The first kappa shape index (κ1) is 18.8. The van der Waals surface area contributed by atoms with Crippen LogP contribution in [0.25, 0.3) is 16.8 Å². The molecular formula is C22H16N2O4S. The first-order chi connectivity index (χ1) is 14.0. The highest BCUT2D eigenvalue weighted by molar-refractivity contribution is 8.18. The Labute approximate surface area is 170 Å². The summed E-state index contributed by atoms with van der Waals surface area (Å²) in [7, 11) is 0. The Morgan fingerprint density at radius 1 is 1.00 bits per heavy atom. The van der Waals surface area contributed by atoms with Crippen LogP contribution in [0.15, 0.2) is 71.6 Å². The highest BCUT2D eigenvalue weighted by Gasteiger charge is 2.36. The predicted molar refractivity (Wildman–Crippen MR) is 113 cm³/mol. The van der Waals surface area contributed by atoms with E-state index in [1.165, 1.54) is 12.1 Å². The van der Waals surface area contributed by atoms with Crippen LogP contribution < -0.4 is 5.32 Å². The lowest BCUT2D eigenvalue weighted by atomic mass is 10.1. The van der Waals surface area contributed by atoms with E-state index < -0.39 is 17.1 Å². The second kappa shape index (κ2) is 7.81. The molecule has 4 rings (SSSR count). The van der Waals surface area contributed by atoms with E-state index >= 15 is 0 Å². The molecule has 1 aliphatic rings. The number of anilines is 1. The van der Waals surface area contributed by atoms with Gasteiger partial charge in [-0.1, -0.05) is 48.5 Å². The summed E-state index contributed by atoms with van der Waals surface area (Å²) in [4.78, 5) is 38.5. The molecule has 3 aromatic rings. The zero-order chi connectivity index (χ0) is 20.4. The van der Waals surface area contributed by atoms with E-state index in [9.17, 15) is 19.5 Å². The van der Waals surface area contributed by atoms with Gasteiger partial charge in [-0.15, -0.1) is 0 Å². The number of benzene rings is 3. The lowest BCUT2D eigenvalue weighted by Gasteiger charge is -2.13. The topological polar surface area (TPSA) is 86.7 Å². The quantitative estimate of drug-likeness (QED) is 0.636. The third-order valence-corrected chi connectivity index (χ3v) is 5.34. The molecule has 0 aliphatic carbocycles. The second-order valence-corrected chi connectivity index (χ2v) is 7.43. The Morgan fingerprint density at radius 2 is 1.72 bits per heavy atom. The molecule has 3 amide bonds. The minimum atomic E-state index is -0.513. The van der Waals surface area contributed by atoms with E-state index in [1.54, 1.807) is 24.3 Å². The maximum Gasteiger partial charge on any atom is 0.294 e. The van der Waals surface area contributed by atoms with E-state index in [0.717, 1.165) is 27.4 Å². The molecule has 29 heavy (non-hydrogen) atoms. The first-order valence-corrected chi connectivity index (χ1v) is 9.65. The van der Waals surface area contributed by atoms with Gasteiger partial charge in [0.1, 0.15) is 12.3 Å². The van der Waals surface area contributed by atoms with E-state index in [1.807, 2.05) is 36.4 Å². The fourth-order valence-electron chi connectivity index (χ4n) is 3.03. The molecule has 6 nitrogen and oxygen atoms in total. The Kier molecular flexibility index (Phi) is 5.05. The molecule has 7 heteroatoms. The number of hydrogen-bond donors (Lipinski definition) is 2. The minimum Gasteiger partial charge on any atom is -0.508 e. The molecule has 0 bridgehead atoms. The van der Waals surface area contributed by atoms with Crippen LogP contribution in [-0.4, -0.2) is 33.6 Å². The Bertz CT molecular complexity index is 1150. The fraction of sp³-hybridized carbons (Fsp3) is 0.0455. The summed E-state index contributed by atoms with van der Waals surface area (Å²) in [5.41, 5.74) is 1.30. The van der Waals surface area contributed by atoms with Gasteiger partial charge in [0.15, 0.2) is 0 Å². The van der Waals surface area contributed by atoms with E-state index in [4.69, 9.17) is 0 Å². The van der Waals surface area contributed by atoms with Crippen molar-refractivity contribution in [2.45, 2.75) is 0 Å². The van der Waals surface area contributed by atoms with Crippen molar-refractivity contribution < 1.29 is 19.5 Å². The molecular weight excluding hydrogens is 388 g/mol. The molecule has 0 atom stereocenters. The Morgan fingerprint density at radius 3 is 2.52 bits per heavy atom. The van der Waals surface area contributed by atoms with Crippen molar-refractivity contribution in [1.29, 1.82) is 0 Å². The summed E-state index contributed by atoms with van der Waals surface area (Å²) < 4.78 is 0. The molecule has 0 unspecified atom stereocenters. The SMILES string of the molecule is O=C(CN1C(=O)SC(=Cc2ccc(O)cc2)C1=O)Nc1cccc2ccccc12. The number of carbonyl (C=O) groups is 3. The van der Waals surface area contributed by atoms with Crippen LogP contribution in [-0.2, 0) is 9.59 Å².